The number of rotatable bonds is 8. The largest absolute Gasteiger partial charge is 0.462 e. The zero-order valence-corrected chi connectivity index (χ0v) is 23.0. The molecular formula is C29H33NO8S. The minimum Gasteiger partial charge on any atom is -0.462 e. The van der Waals surface area contributed by atoms with Crippen LogP contribution in [0.5, 0.6) is 11.5 Å². The summed E-state index contributed by atoms with van der Waals surface area (Å²) < 4.78 is 21.7. The first-order valence-corrected chi connectivity index (χ1v) is 14.4. The Hall–Kier alpha value is -3.11. The molecule has 4 bridgehead atoms. The number of nitrogens with one attached hydrogen (secondary N) is 1. The van der Waals surface area contributed by atoms with Gasteiger partial charge >= 0.3 is 11.9 Å². The normalized spacial score (nSPS) is 27.9. The average Bonchev–Trinajstić information content (AvgIpc) is 3.45. The second kappa shape index (κ2) is 9.82. The van der Waals surface area contributed by atoms with Gasteiger partial charge in [-0.1, -0.05) is 6.07 Å². The van der Waals surface area contributed by atoms with Crippen molar-refractivity contribution in [1.82, 2.24) is 0 Å². The molecule has 0 spiro atoms. The van der Waals surface area contributed by atoms with E-state index in [9.17, 15) is 19.5 Å². The highest BCUT2D eigenvalue weighted by Gasteiger charge is 2.61. The molecule has 7 rings (SSSR count). The first-order valence-electron chi connectivity index (χ1n) is 13.5. The van der Waals surface area contributed by atoms with Gasteiger partial charge in [0.05, 0.1) is 23.2 Å². The van der Waals surface area contributed by atoms with E-state index in [1.165, 1.54) is 11.3 Å². The number of esters is 2. The fraction of sp³-hybridized carbons (Fsp3) is 0.552. The molecular weight excluding hydrogens is 522 g/mol. The first-order chi connectivity index (χ1) is 18.7. The van der Waals surface area contributed by atoms with Crippen LogP contribution in [0.3, 0.4) is 0 Å². The lowest BCUT2D eigenvalue weighted by Gasteiger charge is -2.58. The smallest absolute Gasteiger partial charge is 0.341 e. The number of thiophene rings is 1. The summed E-state index contributed by atoms with van der Waals surface area (Å²) in [6.07, 6.45) is 4.93. The van der Waals surface area contributed by atoms with Gasteiger partial charge in [0.1, 0.15) is 5.00 Å². The van der Waals surface area contributed by atoms with Gasteiger partial charge in [0.2, 0.25) is 6.79 Å². The van der Waals surface area contributed by atoms with Crippen molar-refractivity contribution in [3.63, 3.8) is 0 Å². The number of carbonyl (C=O) groups excluding carboxylic acids is 3. The minimum absolute atomic E-state index is 0.188. The quantitative estimate of drug-likeness (QED) is 0.461. The van der Waals surface area contributed by atoms with Gasteiger partial charge in [-0.25, -0.2) is 4.79 Å². The van der Waals surface area contributed by atoms with Gasteiger partial charge in [-0.05, 0) is 87.5 Å². The number of ether oxygens (including phenoxy) is 4. The van der Waals surface area contributed by atoms with Crippen molar-refractivity contribution in [3.05, 3.63) is 39.8 Å². The van der Waals surface area contributed by atoms with E-state index in [4.69, 9.17) is 18.9 Å². The molecule has 39 heavy (non-hydrogen) atoms. The topological polar surface area (TPSA) is 120 Å². The number of carbonyl (C=O) groups is 3. The van der Waals surface area contributed by atoms with Gasteiger partial charge in [-0.15, -0.1) is 11.3 Å². The zero-order valence-electron chi connectivity index (χ0n) is 22.2. The lowest BCUT2D eigenvalue weighted by atomic mass is 9.48. The van der Waals surface area contributed by atoms with Crippen molar-refractivity contribution in [2.75, 3.05) is 25.3 Å². The minimum atomic E-state index is -0.789. The van der Waals surface area contributed by atoms with Crippen LogP contribution < -0.4 is 14.8 Å². The van der Waals surface area contributed by atoms with Crippen LogP contribution >= 0.6 is 11.3 Å². The second-order valence-corrected chi connectivity index (χ2v) is 12.6. The third-order valence-corrected chi connectivity index (χ3v) is 9.78. The standard InChI is InChI=1S/C29H33NO8S/c1-3-35-26(32)24-16(2)22(8-17-4-5-20-21(7-17)38-15-37-20)39-25(24)30-23(31)13-36-27(33)28-9-18-6-19(10-28)12-29(34,11-18)14-28/h4-5,7,18-19,34H,3,6,8-15H2,1-2H3,(H,30,31)/t18-,19+,28?,29?. The molecule has 0 saturated heterocycles. The van der Waals surface area contributed by atoms with Crippen molar-refractivity contribution >= 4 is 34.2 Å². The Morgan fingerprint density at radius 3 is 2.56 bits per heavy atom. The van der Waals surface area contributed by atoms with E-state index in [1.807, 2.05) is 25.1 Å². The predicted molar refractivity (Wildman–Crippen MR) is 142 cm³/mol. The molecule has 4 saturated carbocycles. The summed E-state index contributed by atoms with van der Waals surface area (Å²) in [6.45, 7) is 3.50. The maximum atomic E-state index is 13.2. The number of hydrogen-bond donors (Lipinski definition) is 2. The molecule has 2 heterocycles. The van der Waals surface area contributed by atoms with Crippen molar-refractivity contribution in [2.24, 2.45) is 17.3 Å². The summed E-state index contributed by atoms with van der Waals surface area (Å²) in [5.74, 6) is 0.601. The van der Waals surface area contributed by atoms with E-state index in [2.05, 4.69) is 5.32 Å². The van der Waals surface area contributed by atoms with Gasteiger partial charge in [0.15, 0.2) is 18.1 Å². The van der Waals surface area contributed by atoms with E-state index in [0.717, 1.165) is 35.3 Å². The number of hydrogen-bond acceptors (Lipinski definition) is 9. The van der Waals surface area contributed by atoms with Crippen LogP contribution in [0.25, 0.3) is 0 Å². The molecule has 4 fully saturated rings. The van der Waals surface area contributed by atoms with Crippen molar-refractivity contribution < 1.29 is 38.4 Å². The summed E-state index contributed by atoms with van der Waals surface area (Å²) in [6, 6.07) is 5.70. The molecule has 1 aliphatic heterocycles. The van der Waals surface area contributed by atoms with E-state index in [-0.39, 0.29) is 13.4 Å². The highest BCUT2D eigenvalue weighted by Crippen LogP contribution is 2.62. The molecule has 2 unspecified atom stereocenters. The fourth-order valence-electron chi connectivity index (χ4n) is 7.40. The molecule has 2 aromatic rings. The summed E-state index contributed by atoms with van der Waals surface area (Å²) in [7, 11) is 0. The summed E-state index contributed by atoms with van der Waals surface area (Å²) >= 11 is 1.30. The number of anilines is 1. The summed E-state index contributed by atoms with van der Waals surface area (Å²) in [4.78, 5) is 39.9. The van der Waals surface area contributed by atoms with Crippen LogP contribution in [-0.4, -0.2) is 48.6 Å². The molecule has 0 radical (unpaired) electrons. The number of benzene rings is 1. The zero-order chi connectivity index (χ0) is 27.4. The Kier molecular flexibility index (Phi) is 6.58. The average molecular weight is 556 g/mol. The molecule has 5 aliphatic rings. The first kappa shape index (κ1) is 26.1. The third kappa shape index (κ3) is 4.89. The third-order valence-electron chi connectivity index (χ3n) is 8.58. The van der Waals surface area contributed by atoms with Gasteiger partial charge in [-0.3, -0.25) is 9.59 Å². The molecule has 2 N–H and O–H groups in total. The Bertz CT molecular complexity index is 1320. The monoisotopic (exact) mass is 555 g/mol. The van der Waals surface area contributed by atoms with Crippen LogP contribution in [0.1, 0.15) is 71.8 Å². The molecule has 208 valence electrons. The number of aliphatic hydroxyl groups is 1. The van der Waals surface area contributed by atoms with Crippen molar-refractivity contribution in [3.8, 4) is 11.5 Å². The molecule has 1 aromatic heterocycles. The summed E-state index contributed by atoms with van der Waals surface area (Å²) in [5, 5.41) is 14.1. The van der Waals surface area contributed by atoms with E-state index < -0.39 is 35.5 Å². The van der Waals surface area contributed by atoms with Gasteiger partial charge in [-0.2, -0.15) is 0 Å². The second-order valence-electron chi connectivity index (χ2n) is 11.5. The molecule has 9 nitrogen and oxygen atoms in total. The van der Waals surface area contributed by atoms with Crippen LogP contribution in [0.15, 0.2) is 18.2 Å². The predicted octanol–water partition coefficient (Wildman–Crippen LogP) is 4.37. The Morgan fingerprint density at radius 1 is 1.10 bits per heavy atom. The Morgan fingerprint density at radius 2 is 1.85 bits per heavy atom. The van der Waals surface area contributed by atoms with Crippen LogP contribution in [0.4, 0.5) is 5.00 Å². The molecule has 4 atom stereocenters. The fourth-order valence-corrected chi connectivity index (χ4v) is 8.65. The van der Waals surface area contributed by atoms with Gasteiger partial charge in [0, 0.05) is 11.3 Å². The van der Waals surface area contributed by atoms with Crippen LogP contribution in [0, 0.1) is 24.2 Å². The number of amides is 1. The lowest BCUT2D eigenvalue weighted by Crippen LogP contribution is -2.58. The van der Waals surface area contributed by atoms with E-state index in [1.54, 1.807) is 6.92 Å². The Balaban J connectivity index is 1.15. The van der Waals surface area contributed by atoms with Crippen molar-refractivity contribution in [2.45, 2.75) is 64.4 Å². The van der Waals surface area contributed by atoms with E-state index >= 15 is 0 Å². The van der Waals surface area contributed by atoms with Gasteiger partial charge < -0.3 is 29.4 Å². The number of fused-ring (bicyclic) bond motifs is 1. The van der Waals surface area contributed by atoms with E-state index in [0.29, 0.717) is 59.6 Å². The SMILES string of the molecule is CCOC(=O)c1c(NC(=O)COC(=O)C23C[C@@H]4C[C@@H](CC(O)(C4)C2)C3)sc(Cc2ccc3c(c2)OCO3)c1C. The maximum absolute atomic E-state index is 13.2. The maximum Gasteiger partial charge on any atom is 0.341 e. The summed E-state index contributed by atoms with van der Waals surface area (Å²) in [5.41, 5.74) is 0.517. The molecule has 1 aromatic carbocycles. The van der Waals surface area contributed by atoms with Crippen molar-refractivity contribution in [1.29, 1.82) is 0 Å². The molecule has 4 aliphatic carbocycles. The highest BCUT2D eigenvalue weighted by molar-refractivity contribution is 7.17. The van der Waals surface area contributed by atoms with Crippen LogP contribution in [0.2, 0.25) is 0 Å². The Labute approximate surface area is 230 Å². The molecule has 1 amide bonds. The molecule has 10 heteroatoms. The lowest BCUT2D eigenvalue weighted by molar-refractivity contribution is -0.196. The van der Waals surface area contributed by atoms with Gasteiger partial charge in [0.25, 0.3) is 5.91 Å². The highest BCUT2D eigenvalue weighted by atomic mass is 32.1. The van der Waals surface area contributed by atoms with Crippen LogP contribution in [-0.2, 0) is 25.5 Å².